The van der Waals surface area contributed by atoms with Gasteiger partial charge in [0, 0.05) is 22.7 Å². The topological polar surface area (TPSA) is 49.0 Å². The number of thioether (sulfide) groups is 1. The van der Waals surface area contributed by atoms with Gasteiger partial charge in [-0.15, -0.1) is 11.8 Å². The van der Waals surface area contributed by atoms with Crippen LogP contribution in [0.5, 0.6) is 0 Å². The number of carbonyl (C=O) groups is 1. The van der Waals surface area contributed by atoms with Crippen molar-refractivity contribution in [3.05, 3.63) is 46.8 Å². The average Bonchev–Trinajstić information content (AvgIpc) is 3.13. The van der Waals surface area contributed by atoms with Crippen LogP contribution in [0.15, 0.2) is 29.2 Å². The van der Waals surface area contributed by atoms with Gasteiger partial charge in [0.15, 0.2) is 0 Å². The Balaban J connectivity index is 1.95. The molecule has 3 rings (SSSR count). The largest absolute Gasteiger partial charge is 0.331 e. The predicted octanol–water partition coefficient (Wildman–Crippen LogP) is 3.73. The summed E-state index contributed by atoms with van der Waals surface area (Å²) in [7, 11) is 0. The van der Waals surface area contributed by atoms with Crippen LogP contribution in [-0.4, -0.2) is 33.8 Å². The first-order chi connectivity index (χ1) is 10.6. The molecule has 0 spiro atoms. The van der Waals surface area contributed by atoms with Gasteiger partial charge >= 0.3 is 0 Å². The van der Waals surface area contributed by atoms with Crippen LogP contribution in [-0.2, 0) is 0 Å². The summed E-state index contributed by atoms with van der Waals surface area (Å²) in [5, 5.41) is 7.34. The number of nitrogens with one attached hydrogen (secondary N) is 1. The van der Waals surface area contributed by atoms with Gasteiger partial charge in [0.25, 0.3) is 5.91 Å². The number of aromatic amines is 1. The van der Waals surface area contributed by atoms with E-state index < -0.39 is 0 Å². The van der Waals surface area contributed by atoms with E-state index >= 15 is 0 Å². The molecule has 1 amide bonds. The molecule has 1 fully saturated rings. The highest BCUT2D eigenvalue weighted by Crippen LogP contribution is 2.36. The molecule has 2 heterocycles. The summed E-state index contributed by atoms with van der Waals surface area (Å²) < 4.78 is 0. The lowest BCUT2D eigenvalue weighted by Crippen LogP contribution is -2.31. The van der Waals surface area contributed by atoms with Gasteiger partial charge in [0.2, 0.25) is 0 Å². The molecule has 116 valence electrons. The van der Waals surface area contributed by atoms with Crippen LogP contribution in [0.2, 0.25) is 0 Å². The first-order valence-corrected chi connectivity index (χ1v) is 8.81. The Kier molecular flexibility index (Phi) is 4.25. The molecule has 1 aliphatic heterocycles. The minimum absolute atomic E-state index is 0.132. The second-order valence-electron chi connectivity index (χ2n) is 5.70. The van der Waals surface area contributed by atoms with E-state index in [1.165, 1.54) is 5.56 Å². The molecule has 0 bridgehead atoms. The van der Waals surface area contributed by atoms with E-state index in [1.807, 2.05) is 49.3 Å². The molecule has 1 aromatic carbocycles. The fourth-order valence-corrected chi connectivity index (χ4v) is 3.93. The molecular formula is C17H21N3OS. The zero-order valence-corrected chi connectivity index (χ0v) is 14.0. The average molecular weight is 315 g/mol. The van der Waals surface area contributed by atoms with Crippen molar-refractivity contribution < 1.29 is 4.79 Å². The first-order valence-electron chi connectivity index (χ1n) is 7.59. The number of nitrogens with zero attached hydrogens (tertiary/aromatic N) is 2. The van der Waals surface area contributed by atoms with Crippen molar-refractivity contribution in [3.63, 3.8) is 0 Å². The minimum Gasteiger partial charge on any atom is -0.331 e. The van der Waals surface area contributed by atoms with Gasteiger partial charge in [-0.3, -0.25) is 9.89 Å². The van der Waals surface area contributed by atoms with Gasteiger partial charge in [-0.25, -0.2) is 0 Å². The van der Waals surface area contributed by atoms with Crippen LogP contribution in [0.3, 0.4) is 0 Å². The van der Waals surface area contributed by atoms with Crippen LogP contribution in [0.1, 0.15) is 46.2 Å². The maximum atomic E-state index is 13.0. The van der Waals surface area contributed by atoms with E-state index in [0.29, 0.717) is 0 Å². The molecule has 1 aromatic heterocycles. The number of aryl methyl sites for hydroxylation is 2. The number of aromatic nitrogens is 2. The van der Waals surface area contributed by atoms with Crippen LogP contribution in [0, 0.1) is 13.8 Å². The molecule has 1 atom stereocenters. The number of carbonyl (C=O) groups excluding carboxylic acids is 1. The number of H-pyrrole nitrogens is 1. The molecule has 1 saturated heterocycles. The van der Waals surface area contributed by atoms with E-state index in [9.17, 15) is 4.79 Å². The maximum absolute atomic E-state index is 13.0. The van der Waals surface area contributed by atoms with Crippen molar-refractivity contribution in [2.24, 2.45) is 0 Å². The Labute approximate surface area is 135 Å². The smallest absolute Gasteiger partial charge is 0.255 e. The third-order valence-corrected chi connectivity index (χ3v) is 5.17. The monoisotopic (exact) mass is 315 g/mol. The predicted molar refractivity (Wildman–Crippen MR) is 89.3 cm³/mol. The van der Waals surface area contributed by atoms with Crippen LogP contribution < -0.4 is 0 Å². The Bertz CT molecular complexity index is 675. The molecule has 1 N–H and O–H groups in total. The Morgan fingerprint density at radius 3 is 2.82 bits per heavy atom. The van der Waals surface area contributed by atoms with Crippen LogP contribution in [0.4, 0.5) is 0 Å². The lowest BCUT2D eigenvalue weighted by Gasteiger charge is -2.26. The van der Waals surface area contributed by atoms with E-state index in [1.54, 1.807) is 11.8 Å². The highest BCUT2D eigenvalue weighted by atomic mass is 32.2. The highest BCUT2D eigenvalue weighted by molar-refractivity contribution is 7.98. The van der Waals surface area contributed by atoms with Crippen molar-refractivity contribution in [1.29, 1.82) is 0 Å². The minimum atomic E-state index is 0.132. The van der Waals surface area contributed by atoms with E-state index in [4.69, 9.17) is 0 Å². The van der Waals surface area contributed by atoms with Gasteiger partial charge in [-0.2, -0.15) is 5.10 Å². The number of hydrogen-bond donors (Lipinski definition) is 1. The van der Waals surface area contributed by atoms with Gasteiger partial charge < -0.3 is 4.90 Å². The van der Waals surface area contributed by atoms with E-state index in [-0.39, 0.29) is 11.9 Å². The number of hydrogen-bond acceptors (Lipinski definition) is 3. The summed E-state index contributed by atoms with van der Waals surface area (Å²) >= 11 is 1.62. The van der Waals surface area contributed by atoms with Crippen molar-refractivity contribution in [3.8, 4) is 0 Å². The molecule has 4 nitrogen and oxygen atoms in total. The number of rotatable bonds is 3. The van der Waals surface area contributed by atoms with Gasteiger partial charge in [0.1, 0.15) is 0 Å². The summed E-state index contributed by atoms with van der Waals surface area (Å²) in [6.45, 7) is 4.86. The van der Waals surface area contributed by atoms with Crippen molar-refractivity contribution in [1.82, 2.24) is 15.1 Å². The standard InChI is InChI=1S/C17H21N3OS/c1-11-16(12(2)19-18-11)14-8-6-10-20(14)17(21)13-7-4-5-9-15(13)22-3/h4-5,7,9,14H,6,8,10H2,1-3H3,(H,18,19). The molecule has 5 heteroatoms. The number of benzene rings is 1. The lowest BCUT2D eigenvalue weighted by atomic mass is 10.0. The Morgan fingerprint density at radius 2 is 2.14 bits per heavy atom. The van der Waals surface area contributed by atoms with Crippen molar-refractivity contribution in [2.75, 3.05) is 12.8 Å². The van der Waals surface area contributed by atoms with Crippen molar-refractivity contribution in [2.45, 2.75) is 37.6 Å². The van der Waals surface area contributed by atoms with Crippen LogP contribution in [0.25, 0.3) is 0 Å². The second kappa shape index (κ2) is 6.16. The first kappa shape index (κ1) is 15.2. The molecule has 1 aliphatic rings. The fraction of sp³-hybridized carbons (Fsp3) is 0.412. The second-order valence-corrected chi connectivity index (χ2v) is 6.55. The summed E-state index contributed by atoms with van der Waals surface area (Å²) in [5.74, 6) is 0.132. The lowest BCUT2D eigenvalue weighted by molar-refractivity contribution is 0.0731. The molecule has 1 unspecified atom stereocenters. The number of likely N-dealkylation sites (tertiary alicyclic amines) is 1. The van der Waals surface area contributed by atoms with Gasteiger partial charge in [-0.05, 0) is 45.1 Å². The van der Waals surface area contributed by atoms with Gasteiger partial charge in [-0.1, -0.05) is 12.1 Å². The van der Waals surface area contributed by atoms with Gasteiger partial charge in [0.05, 0.1) is 17.3 Å². The summed E-state index contributed by atoms with van der Waals surface area (Å²) in [4.78, 5) is 16.1. The maximum Gasteiger partial charge on any atom is 0.255 e. The normalized spacial score (nSPS) is 18.0. The summed E-state index contributed by atoms with van der Waals surface area (Å²) in [6, 6.07) is 8.00. The Morgan fingerprint density at radius 1 is 1.36 bits per heavy atom. The zero-order chi connectivity index (χ0) is 15.7. The molecule has 0 aliphatic carbocycles. The van der Waals surface area contributed by atoms with E-state index in [2.05, 4.69) is 10.2 Å². The summed E-state index contributed by atoms with van der Waals surface area (Å²) in [6.07, 6.45) is 4.06. The molecule has 0 radical (unpaired) electrons. The SMILES string of the molecule is CSc1ccccc1C(=O)N1CCCC1c1c(C)n[nH]c1C. The van der Waals surface area contributed by atoms with E-state index in [0.717, 1.165) is 41.2 Å². The van der Waals surface area contributed by atoms with Crippen LogP contribution >= 0.6 is 11.8 Å². The third kappa shape index (κ3) is 2.54. The molecule has 0 saturated carbocycles. The Hall–Kier alpha value is -1.75. The summed E-state index contributed by atoms with van der Waals surface area (Å²) in [5.41, 5.74) is 4.06. The highest BCUT2D eigenvalue weighted by Gasteiger charge is 2.34. The number of amides is 1. The fourth-order valence-electron chi connectivity index (χ4n) is 3.34. The zero-order valence-electron chi connectivity index (χ0n) is 13.2. The third-order valence-electron chi connectivity index (χ3n) is 4.37. The molecule has 2 aromatic rings. The van der Waals surface area contributed by atoms with Crippen molar-refractivity contribution >= 4 is 17.7 Å². The molecular weight excluding hydrogens is 294 g/mol. The quantitative estimate of drug-likeness (QED) is 0.878. The molecule has 22 heavy (non-hydrogen) atoms.